The monoisotopic (exact) mass is 402 g/mol. The highest BCUT2D eigenvalue weighted by Crippen LogP contribution is 2.49. The fourth-order valence-corrected chi connectivity index (χ4v) is 5.08. The van der Waals surface area contributed by atoms with E-state index in [2.05, 4.69) is 5.32 Å². The lowest BCUT2D eigenvalue weighted by Gasteiger charge is -2.34. The number of amides is 1. The normalized spacial score (nSPS) is 28.7. The molecule has 9 heteroatoms. The molecule has 2 fully saturated rings. The van der Waals surface area contributed by atoms with E-state index in [4.69, 9.17) is 4.74 Å². The van der Waals surface area contributed by atoms with Crippen LogP contribution in [0, 0.1) is 17.6 Å². The van der Waals surface area contributed by atoms with Crippen molar-refractivity contribution in [2.24, 2.45) is 5.92 Å². The molecule has 1 saturated heterocycles. The number of nitrogens with zero attached hydrogens (tertiary/aromatic N) is 1. The van der Waals surface area contributed by atoms with E-state index in [0.717, 1.165) is 0 Å². The maximum absolute atomic E-state index is 13.8. The van der Waals surface area contributed by atoms with Crippen molar-refractivity contribution in [1.82, 2.24) is 9.62 Å². The lowest BCUT2D eigenvalue weighted by atomic mass is 10.1. The van der Waals surface area contributed by atoms with Crippen LogP contribution in [0.25, 0.3) is 0 Å². The van der Waals surface area contributed by atoms with Gasteiger partial charge in [-0.2, -0.15) is 4.31 Å². The lowest BCUT2D eigenvalue weighted by Crippen LogP contribution is -2.49. The Balaban J connectivity index is 1.50. The molecule has 150 valence electrons. The first-order valence-corrected chi connectivity index (χ1v) is 10.6. The first-order chi connectivity index (χ1) is 12.7. The molecular weight excluding hydrogens is 378 g/mol. The van der Waals surface area contributed by atoms with Gasteiger partial charge in [0, 0.05) is 37.0 Å². The minimum Gasteiger partial charge on any atom is -0.373 e. The Kier molecular flexibility index (Phi) is 5.83. The molecule has 27 heavy (non-hydrogen) atoms. The number of hydrogen-bond acceptors (Lipinski definition) is 4. The predicted molar refractivity (Wildman–Crippen MR) is 95.6 cm³/mol. The third-order valence-corrected chi connectivity index (χ3v) is 6.74. The molecule has 6 nitrogen and oxygen atoms in total. The highest BCUT2D eigenvalue weighted by atomic mass is 32.2. The van der Waals surface area contributed by atoms with E-state index < -0.39 is 33.5 Å². The van der Waals surface area contributed by atoms with Crippen LogP contribution < -0.4 is 5.32 Å². The molecule has 1 N–H and O–H groups in total. The largest absolute Gasteiger partial charge is 0.373 e. The molecule has 0 bridgehead atoms. The first-order valence-electron chi connectivity index (χ1n) is 9.04. The van der Waals surface area contributed by atoms with Crippen LogP contribution in [0.3, 0.4) is 0 Å². The van der Waals surface area contributed by atoms with E-state index >= 15 is 0 Å². The van der Waals surface area contributed by atoms with Gasteiger partial charge in [-0.25, -0.2) is 17.2 Å². The quantitative estimate of drug-likeness (QED) is 0.785. The highest BCUT2D eigenvalue weighted by Gasteiger charge is 2.46. The maximum Gasteiger partial charge on any atom is 0.223 e. The zero-order valence-corrected chi connectivity index (χ0v) is 16.1. The smallest absolute Gasteiger partial charge is 0.223 e. The summed E-state index contributed by atoms with van der Waals surface area (Å²) in [7, 11) is -3.51. The van der Waals surface area contributed by atoms with Crippen molar-refractivity contribution in [2.75, 3.05) is 25.4 Å². The van der Waals surface area contributed by atoms with Crippen LogP contribution in [0.15, 0.2) is 18.2 Å². The minimum absolute atomic E-state index is 0.0374. The summed E-state index contributed by atoms with van der Waals surface area (Å²) in [5, 5.41) is 2.58. The van der Waals surface area contributed by atoms with E-state index in [-0.39, 0.29) is 49.1 Å². The predicted octanol–water partition coefficient (Wildman–Crippen LogP) is 1.62. The molecule has 0 spiro atoms. The van der Waals surface area contributed by atoms with Crippen molar-refractivity contribution in [2.45, 2.75) is 38.4 Å². The van der Waals surface area contributed by atoms with Gasteiger partial charge in [0.15, 0.2) is 0 Å². The number of nitrogens with one attached hydrogen (secondary N) is 1. The molecule has 4 unspecified atom stereocenters. The van der Waals surface area contributed by atoms with Gasteiger partial charge in [-0.05, 0) is 32.4 Å². The summed E-state index contributed by atoms with van der Waals surface area (Å²) >= 11 is 0. The number of rotatable bonds is 6. The first kappa shape index (κ1) is 20.2. The van der Waals surface area contributed by atoms with Crippen LogP contribution in [0.1, 0.15) is 31.7 Å². The fourth-order valence-electron chi connectivity index (χ4n) is 3.59. The van der Waals surface area contributed by atoms with E-state index in [1.807, 2.05) is 13.8 Å². The lowest BCUT2D eigenvalue weighted by molar-refractivity contribution is -0.122. The maximum atomic E-state index is 13.8. The van der Waals surface area contributed by atoms with Crippen LogP contribution in [0.2, 0.25) is 0 Å². The van der Waals surface area contributed by atoms with E-state index in [0.29, 0.717) is 6.42 Å². The molecule has 1 saturated carbocycles. The summed E-state index contributed by atoms with van der Waals surface area (Å²) in [5.41, 5.74) is -0.0680. The highest BCUT2D eigenvalue weighted by molar-refractivity contribution is 7.89. The Morgan fingerprint density at radius 3 is 2.41 bits per heavy atom. The number of halogens is 2. The molecule has 1 heterocycles. The fraction of sp³-hybridized carbons (Fsp3) is 0.611. The summed E-state index contributed by atoms with van der Waals surface area (Å²) in [6, 6.07) is 3.62. The van der Waals surface area contributed by atoms with Crippen LogP contribution in [0.5, 0.6) is 0 Å². The standard InChI is InChI=1S/C18H24F2N2O4S/c1-11-9-22(10-12(2)26-11)27(24,25)7-6-21-18(23)14-8-13(14)17-15(19)4-3-5-16(17)20/h3-5,11-14H,6-10H2,1-2H3,(H,21,23). The van der Waals surface area contributed by atoms with Gasteiger partial charge >= 0.3 is 0 Å². The Morgan fingerprint density at radius 1 is 1.22 bits per heavy atom. The van der Waals surface area contributed by atoms with Gasteiger partial charge < -0.3 is 10.1 Å². The Labute approximate surface area is 157 Å². The summed E-state index contributed by atoms with van der Waals surface area (Å²) < 4.78 is 59.4. The molecular formula is C18H24F2N2O4S. The molecule has 4 atom stereocenters. The molecule has 1 aliphatic heterocycles. The van der Waals surface area contributed by atoms with E-state index in [9.17, 15) is 22.0 Å². The van der Waals surface area contributed by atoms with Crippen LogP contribution in [-0.4, -0.2) is 56.2 Å². The van der Waals surface area contributed by atoms with Crippen molar-refractivity contribution in [3.05, 3.63) is 35.4 Å². The number of sulfonamides is 1. The average molecular weight is 402 g/mol. The van der Waals surface area contributed by atoms with Gasteiger partial charge in [0.05, 0.1) is 18.0 Å². The number of benzene rings is 1. The molecule has 3 rings (SSSR count). The van der Waals surface area contributed by atoms with Crippen LogP contribution >= 0.6 is 0 Å². The van der Waals surface area contributed by atoms with Gasteiger partial charge in [-0.15, -0.1) is 0 Å². The van der Waals surface area contributed by atoms with Crippen molar-refractivity contribution >= 4 is 15.9 Å². The SMILES string of the molecule is CC1CN(S(=O)(=O)CCNC(=O)C2CC2c2c(F)cccc2F)CC(C)O1. The minimum atomic E-state index is -3.51. The zero-order chi connectivity index (χ0) is 19.8. The van der Waals surface area contributed by atoms with E-state index in [1.54, 1.807) is 0 Å². The zero-order valence-electron chi connectivity index (χ0n) is 15.3. The second-order valence-corrected chi connectivity index (χ2v) is 9.35. The molecule has 1 aromatic rings. The van der Waals surface area contributed by atoms with Crippen molar-refractivity contribution in [3.63, 3.8) is 0 Å². The number of carbonyl (C=O) groups excluding carboxylic acids is 1. The average Bonchev–Trinajstić information content (AvgIpc) is 3.34. The number of ether oxygens (including phenoxy) is 1. The molecule has 0 radical (unpaired) electrons. The second-order valence-electron chi connectivity index (χ2n) is 7.27. The summed E-state index contributed by atoms with van der Waals surface area (Å²) in [6.07, 6.45) is -0.00317. The molecule has 2 aliphatic rings. The summed E-state index contributed by atoms with van der Waals surface area (Å²) in [4.78, 5) is 12.2. The van der Waals surface area contributed by atoms with Crippen LogP contribution in [0.4, 0.5) is 8.78 Å². The molecule has 1 amide bonds. The van der Waals surface area contributed by atoms with Crippen molar-refractivity contribution < 1.29 is 26.7 Å². The second kappa shape index (κ2) is 7.81. The Hall–Kier alpha value is -1.58. The van der Waals surface area contributed by atoms with Gasteiger partial charge in [-0.3, -0.25) is 4.79 Å². The molecule has 0 aromatic heterocycles. The van der Waals surface area contributed by atoms with Gasteiger partial charge in [0.25, 0.3) is 0 Å². The number of hydrogen-bond donors (Lipinski definition) is 1. The number of morpholine rings is 1. The van der Waals surface area contributed by atoms with Crippen LogP contribution in [-0.2, 0) is 19.6 Å². The van der Waals surface area contributed by atoms with Gasteiger partial charge in [0.2, 0.25) is 15.9 Å². The van der Waals surface area contributed by atoms with E-state index in [1.165, 1.54) is 22.5 Å². The third-order valence-electron chi connectivity index (χ3n) is 4.94. The van der Waals surface area contributed by atoms with Gasteiger partial charge in [0.1, 0.15) is 11.6 Å². The Bertz CT molecular complexity index is 787. The molecule has 1 aliphatic carbocycles. The number of carbonyl (C=O) groups is 1. The van der Waals surface area contributed by atoms with Crippen molar-refractivity contribution in [3.8, 4) is 0 Å². The Morgan fingerprint density at radius 2 is 1.81 bits per heavy atom. The van der Waals surface area contributed by atoms with Gasteiger partial charge in [-0.1, -0.05) is 6.07 Å². The van der Waals surface area contributed by atoms with Crippen molar-refractivity contribution in [1.29, 1.82) is 0 Å². The third kappa shape index (κ3) is 4.64. The summed E-state index contributed by atoms with van der Waals surface area (Å²) in [6.45, 7) is 4.17. The summed E-state index contributed by atoms with van der Waals surface area (Å²) in [5.74, 6) is -2.93. The topological polar surface area (TPSA) is 75.7 Å². The molecule has 1 aromatic carbocycles.